The van der Waals surface area contributed by atoms with Crippen molar-refractivity contribution in [3.63, 3.8) is 0 Å². The van der Waals surface area contributed by atoms with Crippen molar-refractivity contribution in [1.82, 2.24) is 0 Å². The summed E-state index contributed by atoms with van der Waals surface area (Å²) in [5.41, 5.74) is 9.13. The van der Waals surface area contributed by atoms with Gasteiger partial charge in [-0.15, -0.1) is 0 Å². The Morgan fingerprint density at radius 1 is 1.17 bits per heavy atom. The van der Waals surface area contributed by atoms with Crippen molar-refractivity contribution >= 4 is 24.9 Å². The maximum absolute atomic E-state index is 12.3. The van der Waals surface area contributed by atoms with Crippen LogP contribution < -0.4 is 0 Å². The lowest BCUT2D eigenvalue weighted by Gasteiger charge is -2.08. The first kappa shape index (κ1) is 18.7. The zero-order chi connectivity index (χ0) is 17.3. The van der Waals surface area contributed by atoms with E-state index in [1.54, 1.807) is 12.2 Å². The van der Waals surface area contributed by atoms with Gasteiger partial charge in [0.1, 0.15) is 0 Å². The fourth-order valence-electron chi connectivity index (χ4n) is 1.63. The Bertz CT molecular complexity index is 698. The van der Waals surface area contributed by atoms with Crippen LogP contribution in [0, 0.1) is 0 Å². The molecule has 0 N–H and O–H groups in total. The summed E-state index contributed by atoms with van der Waals surface area (Å²) in [6.45, 7) is 0. The molecule has 1 rings (SSSR count). The van der Waals surface area contributed by atoms with Gasteiger partial charge in [-0.2, -0.15) is 4.79 Å². The van der Waals surface area contributed by atoms with Gasteiger partial charge in [0, 0.05) is 14.2 Å². The second-order valence-corrected chi connectivity index (χ2v) is 6.27. The van der Waals surface area contributed by atoms with Crippen LogP contribution in [0.1, 0.15) is 5.56 Å². The first-order valence-electron chi connectivity index (χ1n) is 6.48. The van der Waals surface area contributed by atoms with E-state index in [-0.39, 0.29) is 5.76 Å². The van der Waals surface area contributed by atoms with E-state index >= 15 is 0 Å². The number of carbonyl (C=O) groups excluding carboxylic acids is 1. The molecule has 0 saturated carbocycles. The molecule has 0 unspecified atom stereocenters. The van der Waals surface area contributed by atoms with Crippen LogP contribution in [0.5, 0.6) is 0 Å². The number of methoxy groups -OCH3 is 1. The fourth-order valence-corrected chi connectivity index (χ4v) is 2.59. The third-order valence-corrected chi connectivity index (χ3v) is 4.59. The summed E-state index contributed by atoms with van der Waals surface area (Å²) in [7, 11) is -0.580. The Hall–Kier alpha value is -2.30. The van der Waals surface area contributed by atoms with Crippen molar-refractivity contribution in [2.45, 2.75) is 0 Å². The van der Waals surface area contributed by atoms with Crippen molar-refractivity contribution in [1.29, 1.82) is 0 Å². The number of benzene rings is 1. The van der Waals surface area contributed by atoms with Crippen molar-refractivity contribution in [2.75, 3.05) is 21.3 Å². The van der Waals surface area contributed by atoms with Crippen LogP contribution >= 0.6 is 7.60 Å². The quantitative estimate of drug-likeness (QED) is 0.138. The largest absolute Gasteiger partial charge is 0.492 e. The zero-order valence-electron chi connectivity index (χ0n) is 13.0. The van der Waals surface area contributed by atoms with E-state index in [1.165, 1.54) is 13.2 Å². The number of ketones is 1. The second-order valence-electron chi connectivity index (χ2n) is 4.12. The third-order valence-electron chi connectivity index (χ3n) is 2.82. The molecule has 0 amide bonds. The van der Waals surface area contributed by atoms with Crippen LogP contribution in [-0.2, 0) is 23.1 Å². The normalized spacial score (nSPS) is 12.0. The predicted octanol–water partition coefficient (Wildman–Crippen LogP) is 2.91. The Morgan fingerprint density at radius 2 is 1.78 bits per heavy atom. The molecule has 8 heteroatoms. The van der Waals surface area contributed by atoms with Gasteiger partial charge >= 0.3 is 18.8 Å². The van der Waals surface area contributed by atoms with E-state index in [2.05, 4.69) is 13.8 Å². The summed E-state index contributed by atoms with van der Waals surface area (Å²) < 4.78 is 26.4. The lowest BCUT2D eigenvalue weighted by Crippen LogP contribution is -2.20. The van der Waals surface area contributed by atoms with Crippen LogP contribution in [-0.4, -0.2) is 37.4 Å². The summed E-state index contributed by atoms with van der Waals surface area (Å²) in [6, 6.07) is 9.38. The first-order chi connectivity index (χ1) is 11.0. The van der Waals surface area contributed by atoms with Gasteiger partial charge in [0.2, 0.25) is 0 Å². The molecule has 0 bridgehead atoms. The van der Waals surface area contributed by atoms with Gasteiger partial charge in [0.25, 0.3) is 0 Å². The Balaban J connectivity index is 3.07. The molecule has 0 aliphatic rings. The van der Waals surface area contributed by atoms with E-state index in [1.807, 2.05) is 30.3 Å². The average molecular weight is 336 g/mol. The number of nitrogens with zero attached hydrogens (tertiary/aromatic N) is 2. The highest BCUT2D eigenvalue weighted by atomic mass is 31.2. The van der Waals surface area contributed by atoms with Crippen LogP contribution in [0.4, 0.5) is 0 Å². The number of Topliss-reactive ketones (excluding diaryl/α,β-unsaturated/α-hetero) is 1. The number of ether oxygens (including phenoxy) is 1. The molecule has 0 atom stereocenters. The molecule has 0 fully saturated rings. The molecular formula is C15H17N2O5P. The monoisotopic (exact) mass is 336 g/mol. The molecule has 0 saturated heterocycles. The molecule has 1 aromatic carbocycles. The molecule has 0 spiro atoms. The van der Waals surface area contributed by atoms with Gasteiger partial charge in [0.15, 0.2) is 5.76 Å². The van der Waals surface area contributed by atoms with E-state index in [4.69, 9.17) is 10.3 Å². The summed E-state index contributed by atoms with van der Waals surface area (Å²) in [6.07, 6.45) is 4.68. The van der Waals surface area contributed by atoms with Crippen LogP contribution in [0.25, 0.3) is 11.6 Å². The summed E-state index contributed by atoms with van der Waals surface area (Å²) in [5, 5.41) is 0. The van der Waals surface area contributed by atoms with E-state index < -0.39 is 18.8 Å². The minimum atomic E-state index is -4.00. The van der Waals surface area contributed by atoms with E-state index in [0.29, 0.717) is 0 Å². The zero-order valence-corrected chi connectivity index (χ0v) is 13.9. The van der Waals surface area contributed by atoms with E-state index in [0.717, 1.165) is 19.8 Å². The summed E-state index contributed by atoms with van der Waals surface area (Å²) >= 11 is 0. The summed E-state index contributed by atoms with van der Waals surface area (Å²) in [4.78, 5) is 15.0. The fraction of sp³-hybridized carbons (Fsp3) is 0.200. The third kappa shape index (κ3) is 4.84. The Labute approximate surface area is 134 Å². The maximum atomic E-state index is 12.3. The molecule has 0 aromatic heterocycles. The number of rotatable bonds is 8. The molecule has 0 aliphatic carbocycles. The highest BCUT2D eigenvalue weighted by Crippen LogP contribution is 2.47. The second kappa shape index (κ2) is 8.98. The topological polar surface area (TPSA) is 98.2 Å². The van der Waals surface area contributed by atoms with Crippen LogP contribution in [0.2, 0.25) is 0 Å². The highest BCUT2D eigenvalue weighted by Gasteiger charge is 2.45. The van der Waals surface area contributed by atoms with Gasteiger partial charge in [-0.05, 0) is 11.6 Å². The predicted molar refractivity (Wildman–Crippen MR) is 85.8 cm³/mol. The van der Waals surface area contributed by atoms with Gasteiger partial charge in [-0.1, -0.05) is 42.5 Å². The molecule has 23 heavy (non-hydrogen) atoms. The molecule has 1 aromatic rings. The molecule has 0 aliphatic heterocycles. The Morgan fingerprint density at radius 3 is 2.26 bits per heavy atom. The van der Waals surface area contributed by atoms with Gasteiger partial charge in [-0.25, -0.2) is 4.57 Å². The number of allylic oxidation sites excluding steroid dienone is 3. The smallest absolute Gasteiger partial charge is 0.452 e. The van der Waals surface area contributed by atoms with Crippen molar-refractivity contribution in [2.24, 2.45) is 0 Å². The van der Waals surface area contributed by atoms with Gasteiger partial charge in [-0.3, -0.25) is 4.79 Å². The van der Waals surface area contributed by atoms with Gasteiger partial charge in [0.05, 0.1) is 7.11 Å². The summed E-state index contributed by atoms with van der Waals surface area (Å²) in [5.74, 6) is -1.08. The number of hydrogen-bond donors (Lipinski definition) is 0. The van der Waals surface area contributed by atoms with Crippen LogP contribution in [0.15, 0.2) is 48.2 Å². The van der Waals surface area contributed by atoms with Crippen molar-refractivity contribution < 1.29 is 27.9 Å². The molecule has 122 valence electrons. The molecule has 7 nitrogen and oxygen atoms in total. The van der Waals surface area contributed by atoms with Gasteiger partial charge < -0.3 is 19.3 Å². The average Bonchev–Trinajstić information content (AvgIpc) is 2.59. The van der Waals surface area contributed by atoms with Crippen LogP contribution in [0.3, 0.4) is 0 Å². The minimum absolute atomic E-state index is 0.181. The highest BCUT2D eigenvalue weighted by molar-refractivity contribution is 7.75. The SMILES string of the molecule is CO/C(=C\C=C\c1ccccc1)C(=O)C(=[N+]=[N-])P(=O)(OC)OC. The molecule has 0 heterocycles. The standard InChI is InChI=1S/C15H17N2O5P/c1-20-13(11-7-10-12-8-5-4-6-9-12)14(18)15(17-16)23(19,21-2)22-3/h4-11H,1-3H3/b10-7+,13-11-. The number of hydrogen-bond acceptors (Lipinski definition) is 5. The molecule has 0 radical (unpaired) electrons. The molecular weight excluding hydrogens is 319 g/mol. The van der Waals surface area contributed by atoms with Crippen molar-refractivity contribution in [3.05, 3.63) is 59.3 Å². The first-order valence-corrected chi connectivity index (χ1v) is 8.03. The van der Waals surface area contributed by atoms with E-state index in [9.17, 15) is 9.36 Å². The maximum Gasteiger partial charge on any atom is 0.452 e. The van der Waals surface area contributed by atoms with Crippen molar-refractivity contribution in [3.8, 4) is 0 Å². The lowest BCUT2D eigenvalue weighted by molar-refractivity contribution is -0.116. The Kier molecular flexibility index (Phi) is 7.32. The number of carbonyl (C=O) groups is 1. The minimum Gasteiger partial charge on any atom is -0.492 e. The lowest BCUT2D eigenvalue weighted by atomic mass is 10.2.